The molecule has 0 radical (unpaired) electrons. The highest BCUT2D eigenvalue weighted by Gasteiger charge is 2.10. The molecule has 0 saturated carbocycles. The molecule has 20 heavy (non-hydrogen) atoms. The summed E-state index contributed by atoms with van der Waals surface area (Å²) in [6.07, 6.45) is 0.351. The Balaban J connectivity index is 2.17. The summed E-state index contributed by atoms with van der Waals surface area (Å²) in [5.41, 5.74) is 2.78. The molecule has 0 spiro atoms. The lowest BCUT2D eigenvalue weighted by Crippen LogP contribution is -2.04. The van der Waals surface area contributed by atoms with E-state index in [2.05, 4.69) is 0 Å². The van der Waals surface area contributed by atoms with Gasteiger partial charge in [0.15, 0.2) is 17.3 Å². The summed E-state index contributed by atoms with van der Waals surface area (Å²) < 4.78 is 10.4. The molecule has 2 aromatic rings. The van der Waals surface area contributed by atoms with E-state index in [9.17, 15) is 4.79 Å². The molecule has 0 atom stereocenters. The maximum absolute atomic E-state index is 12.2. The maximum Gasteiger partial charge on any atom is 0.167 e. The van der Waals surface area contributed by atoms with E-state index < -0.39 is 0 Å². The molecule has 2 aromatic carbocycles. The number of rotatable bonds is 5. The van der Waals surface area contributed by atoms with Crippen LogP contribution < -0.4 is 9.47 Å². The van der Waals surface area contributed by atoms with Gasteiger partial charge in [-0.15, -0.1) is 0 Å². The van der Waals surface area contributed by atoms with Gasteiger partial charge >= 0.3 is 0 Å². The number of hydrogen-bond acceptors (Lipinski definition) is 3. The number of hydrogen-bond donors (Lipinski definition) is 0. The zero-order chi connectivity index (χ0) is 14.5. The highest BCUT2D eigenvalue weighted by molar-refractivity contribution is 5.97. The van der Waals surface area contributed by atoms with Gasteiger partial charge in [-0.25, -0.2) is 0 Å². The van der Waals surface area contributed by atoms with Crippen LogP contribution in [0.25, 0.3) is 0 Å². The van der Waals surface area contributed by atoms with E-state index in [1.165, 1.54) is 0 Å². The van der Waals surface area contributed by atoms with Gasteiger partial charge < -0.3 is 9.47 Å². The fourth-order valence-electron chi connectivity index (χ4n) is 2.02. The number of methoxy groups -OCH3 is 2. The third kappa shape index (κ3) is 3.18. The molecule has 0 heterocycles. The van der Waals surface area contributed by atoms with Crippen LogP contribution in [0.4, 0.5) is 0 Å². The van der Waals surface area contributed by atoms with Crippen molar-refractivity contribution in [2.45, 2.75) is 13.3 Å². The number of ketones is 1. The van der Waals surface area contributed by atoms with Crippen LogP contribution in [-0.4, -0.2) is 20.0 Å². The minimum Gasteiger partial charge on any atom is -0.493 e. The Bertz CT molecular complexity index is 600. The van der Waals surface area contributed by atoms with Gasteiger partial charge in [-0.2, -0.15) is 0 Å². The van der Waals surface area contributed by atoms with Crippen molar-refractivity contribution in [1.29, 1.82) is 0 Å². The summed E-state index contributed by atoms with van der Waals surface area (Å²) in [5.74, 6) is 1.40. The molecule has 0 aromatic heterocycles. The molecule has 0 aliphatic heterocycles. The third-order valence-corrected chi connectivity index (χ3v) is 3.19. The number of benzene rings is 2. The standard InChI is InChI=1S/C17H18O3/c1-12-4-7-14(8-5-12)15(18)10-13-6-9-16(19-2)17(11-13)20-3/h4-9,11H,10H2,1-3H3. The van der Waals surface area contributed by atoms with E-state index in [0.717, 1.165) is 16.7 Å². The van der Waals surface area contributed by atoms with Crippen LogP contribution in [0.2, 0.25) is 0 Å². The monoisotopic (exact) mass is 270 g/mol. The molecule has 0 N–H and O–H groups in total. The van der Waals surface area contributed by atoms with Crippen LogP contribution in [0.15, 0.2) is 42.5 Å². The SMILES string of the molecule is COc1ccc(CC(=O)c2ccc(C)cc2)cc1OC. The van der Waals surface area contributed by atoms with Gasteiger partial charge in [-0.1, -0.05) is 35.9 Å². The predicted molar refractivity (Wildman–Crippen MR) is 78.8 cm³/mol. The summed E-state index contributed by atoms with van der Waals surface area (Å²) >= 11 is 0. The van der Waals surface area contributed by atoms with Crippen LogP contribution >= 0.6 is 0 Å². The normalized spacial score (nSPS) is 10.2. The minimum absolute atomic E-state index is 0.0946. The molecule has 2 rings (SSSR count). The smallest absolute Gasteiger partial charge is 0.167 e. The van der Waals surface area contributed by atoms with Crippen LogP contribution in [0, 0.1) is 6.92 Å². The minimum atomic E-state index is 0.0946. The summed E-state index contributed by atoms with van der Waals surface area (Å²) in [7, 11) is 3.18. The first-order valence-electron chi connectivity index (χ1n) is 6.45. The zero-order valence-electron chi connectivity index (χ0n) is 12.0. The van der Waals surface area contributed by atoms with Crippen LogP contribution in [-0.2, 0) is 6.42 Å². The molecule has 0 unspecified atom stereocenters. The fourth-order valence-corrected chi connectivity index (χ4v) is 2.02. The zero-order valence-corrected chi connectivity index (χ0v) is 12.0. The largest absolute Gasteiger partial charge is 0.493 e. The molecule has 104 valence electrons. The fraction of sp³-hybridized carbons (Fsp3) is 0.235. The average molecular weight is 270 g/mol. The topological polar surface area (TPSA) is 35.5 Å². The Morgan fingerprint density at radius 2 is 1.60 bits per heavy atom. The van der Waals surface area contributed by atoms with Crippen LogP contribution in [0.3, 0.4) is 0 Å². The van der Waals surface area contributed by atoms with Crippen molar-refractivity contribution in [2.75, 3.05) is 14.2 Å². The number of carbonyl (C=O) groups excluding carboxylic acids is 1. The Morgan fingerprint density at radius 1 is 0.950 bits per heavy atom. The molecule has 0 saturated heterocycles. The van der Waals surface area contributed by atoms with Crippen molar-refractivity contribution in [1.82, 2.24) is 0 Å². The summed E-state index contributed by atoms with van der Waals surface area (Å²) in [4.78, 5) is 12.2. The van der Waals surface area contributed by atoms with Gasteiger partial charge in [0.05, 0.1) is 14.2 Å². The van der Waals surface area contributed by atoms with E-state index in [0.29, 0.717) is 17.9 Å². The van der Waals surface area contributed by atoms with Crippen molar-refractivity contribution in [2.24, 2.45) is 0 Å². The van der Waals surface area contributed by atoms with Crippen molar-refractivity contribution < 1.29 is 14.3 Å². The molecule has 0 bridgehead atoms. The van der Waals surface area contributed by atoms with E-state index in [-0.39, 0.29) is 5.78 Å². The summed E-state index contributed by atoms with van der Waals surface area (Å²) in [6, 6.07) is 13.1. The number of carbonyl (C=O) groups is 1. The van der Waals surface area contributed by atoms with Gasteiger partial charge in [0.25, 0.3) is 0 Å². The summed E-state index contributed by atoms with van der Waals surface area (Å²) in [6.45, 7) is 2.00. The second kappa shape index (κ2) is 6.24. The molecule has 0 aliphatic rings. The second-order valence-corrected chi connectivity index (χ2v) is 4.66. The molecular formula is C17H18O3. The Hall–Kier alpha value is -2.29. The number of ether oxygens (including phenoxy) is 2. The van der Waals surface area contributed by atoms with Crippen molar-refractivity contribution in [3.05, 3.63) is 59.2 Å². The first-order valence-corrected chi connectivity index (χ1v) is 6.45. The average Bonchev–Trinajstić information content (AvgIpc) is 2.47. The molecule has 3 heteroatoms. The van der Waals surface area contributed by atoms with Crippen LogP contribution in [0.1, 0.15) is 21.5 Å². The van der Waals surface area contributed by atoms with Gasteiger partial charge in [-0.3, -0.25) is 4.79 Å². The highest BCUT2D eigenvalue weighted by Crippen LogP contribution is 2.28. The number of Topliss-reactive ketones (excluding diaryl/α,β-unsaturated/α-hetero) is 1. The first kappa shape index (κ1) is 14.1. The van der Waals surface area contributed by atoms with Crippen molar-refractivity contribution in [3.63, 3.8) is 0 Å². The Labute approximate surface area is 119 Å². The van der Waals surface area contributed by atoms with Gasteiger partial charge in [0.1, 0.15) is 0 Å². The van der Waals surface area contributed by atoms with E-state index >= 15 is 0 Å². The Morgan fingerprint density at radius 3 is 2.20 bits per heavy atom. The van der Waals surface area contributed by atoms with Gasteiger partial charge in [-0.05, 0) is 24.6 Å². The second-order valence-electron chi connectivity index (χ2n) is 4.66. The van der Waals surface area contributed by atoms with E-state index in [1.807, 2.05) is 49.4 Å². The van der Waals surface area contributed by atoms with Crippen molar-refractivity contribution in [3.8, 4) is 11.5 Å². The maximum atomic E-state index is 12.2. The third-order valence-electron chi connectivity index (χ3n) is 3.19. The van der Waals surface area contributed by atoms with E-state index in [4.69, 9.17) is 9.47 Å². The van der Waals surface area contributed by atoms with E-state index in [1.54, 1.807) is 14.2 Å². The Kier molecular flexibility index (Phi) is 4.41. The number of aryl methyl sites for hydroxylation is 1. The molecular weight excluding hydrogens is 252 g/mol. The predicted octanol–water partition coefficient (Wildman–Crippen LogP) is 3.44. The van der Waals surface area contributed by atoms with Crippen molar-refractivity contribution >= 4 is 5.78 Å². The first-order chi connectivity index (χ1) is 9.63. The molecule has 3 nitrogen and oxygen atoms in total. The van der Waals surface area contributed by atoms with Crippen LogP contribution in [0.5, 0.6) is 11.5 Å². The highest BCUT2D eigenvalue weighted by atomic mass is 16.5. The van der Waals surface area contributed by atoms with Gasteiger partial charge in [0.2, 0.25) is 0 Å². The lowest BCUT2D eigenvalue weighted by atomic mass is 10.0. The lowest BCUT2D eigenvalue weighted by Gasteiger charge is -2.09. The molecule has 0 aliphatic carbocycles. The summed E-state index contributed by atoms with van der Waals surface area (Å²) in [5, 5.41) is 0. The van der Waals surface area contributed by atoms with Gasteiger partial charge in [0, 0.05) is 12.0 Å². The molecule has 0 amide bonds. The quantitative estimate of drug-likeness (QED) is 0.781. The molecule has 0 fully saturated rings. The lowest BCUT2D eigenvalue weighted by molar-refractivity contribution is 0.0993.